The van der Waals surface area contributed by atoms with E-state index in [4.69, 9.17) is 14.2 Å². The standard InChI is InChI=1S/C14H25NO11/c1-4(18)15-7-10(21)8(19)5(2-16)24-13(7)26-14-12(23)11(22)9(20)6(3-17)25-14/h5-14,16-17,19-23H,2-3H2,1H3,(H,15,18)/t5-,6-,7-,8-,9+,10-,11+,12-,13+,14+/m1/s1. The van der Waals surface area contributed by atoms with Gasteiger partial charge in [-0.05, 0) is 0 Å². The molecule has 0 radical (unpaired) electrons. The fraction of sp³-hybridized carbons (Fsp3) is 0.929. The number of aliphatic hydroxyl groups is 7. The molecule has 2 fully saturated rings. The molecule has 12 heteroatoms. The van der Waals surface area contributed by atoms with Gasteiger partial charge in [0.05, 0.1) is 13.2 Å². The summed E-state index contributed by atoms with van der Waals surface area (Å²) in [5.41, 5.74) is 0. The third-order valence-corrected chi connectivity index (χ3v) is 4.37. The van der Waals surface area contributed by atoms with Crippen molar-refractivity contribution in [1.29, 1.82) is 0 Å². The minimum absolute atomic E-state index is 0.574. The Balaban J connectivity index is 2.18. The Morgan fingerprint density at radius 3 is 1.85 bits per heavy atom. The third kappa shape index (κ3) is 4.31. The van der Waals surface area contributed by atoms with Crippen molar-refractivity contribution in [3.05, 3.63) is 0 Å². The second kappa shape index (κ2) is 8.84. The van der Waals surface area contributed by atoms with Crippen molar-refractivity contribution in [1.82, 2.24) is 5.32 Å². The third-order valence-electron chi connectivity index (χ3n) is 4.37. The lowest BCUT2D eigenvalue weighted by atomic mass is 9.96. The first kappa shape index (κ1) is 21.4. The quantitative estimate of drug-likeness (QED) is 0.226. The van der Waals surface area contributed by atoms with Gasteiger partial charge in [0.15, 0.2) is 12.6 Å². The molecule has 0 aromatic rings. The molecule has 12 nitrogen and oxygen atoms in total. The Kier molecular flexibility index (Phi) is 7.27. The number of rotatable bonds is 5. The number of ether oxygens (including phenoxy) is 3. The van der Waals surface area contributed by atoms with E-state index in [1.807, 2.05) is 0 Å². The number of hydrogen-bond acceptors (Lipinski definition) is 11. The van der Waals surface area contributed by atoms with Crippen molar-refractivity contribution in [2.45, 2.75) is 68.3 Å². The molecule has 2 aliphatic rings. The predicted molar refractivity (Wildman–Crippen MR) is 80.2 cm³/mol. The van der Waals surface area contributed by atoms with Crippen LogP contribution in [0.1, 0.15) is 6.92 Å². The fourth-order valence-electron chi connectivity index (χ4n) is 2.90. The van der Waals surface area contributed by atoms with Gasteiger partial charge in [-0.25, -0.2) is 0 Å². The summed E-state index contributed by atoms with van der Waals surface area (Å²) in [7, 11) is 0. The molecule has 0 aromatic carbocycles. The predicted octanol–water partition coefficient (Wildman–Crippen LogP) is -5.25. The zero-order valence-corrected chi connectivity index (χ0v) is 14.0. The maximum absolute atomic E-state index is 11.4. The number of carbonyl (C=O) groups is 1. The Bertz CT molecular complexity index is 478. The molecule has 0 bridgehead atoms. The summed E-state index contributed by atoms with van der Waals surface area (Å²) in [5, 5.41) is 70.4. The molecule has 1 amide bonds. The maximum atomic E-state index is 11.4. The van der Waals surface area contributed by atoms with E-state index in [1.54, 1.807) is 0 Å². The monoisotopic (exact) mass is 383 g/mol. The van der Waals surface area contributed by atoms with Gasteiger partial charge in [-0.1, -0.05) is 0 Å². The average Bonchev–Trinajstić information content (AvgIpc) is 2.61. The highest BCUT2D eigenvalue weighted by Gasteiger charge is 2.50. The normalized spacial score (nSPS) is 46.8. The van der Waals surface area contributed by atoms with Crippen molar-refractivity contribution in [2.75, 3.05) is 13.2 Å². The summed E-state index contributed by atoms with van der Waals surface area (Å²) in [6.07, 6.45) is -13.7. The highest BCUT2D eigenvalue weighted by atomic mass is 16.8. The smallest absolute Gasteiger partial charge is 0.217 e. The van der Waals surface area contributed by atoms with Gasteiger partial charge in [-0.3, -0.25) is 4.79 Å². The molecule has 0 unspecified atom stereocenters. The molecule has 2 rings (SSSR count). The van der Waals surface area contributed by atoms with E-state index >= 15 is 0 Å². The maximum Gasteiger partial charge on any atom is 0.217 e. The second-order valence-corrected chi connectivity index (χ2v) is 6.27. The molecular formula is C14H25NO11. The van der Waals surface area contributed by atoms with Gasteiger partial charge in [0, 0.05) is 6.92 Å². The summed E-state index contributed by atoms with van der Waals surface area (Å²) >= 11 is 0. The van der Waals surface area contributed by atoms with E-state index in [0.29, 0.717) is 0 Å². The Morgan fingerprint density at radius 2 is 1.35 bits per heavy atom. The SMILES string of the molecule is CC(=O)N[C@H]1[C@H](O[C@@H]2O[C@H](CO)[C@H](O)[C@H](O)[C@H]2O)O[C@H](CO)[C@@H](O)[C@@H]1O. The van der Waals surface area contributed by atoms with E-state index < -0.39 is 80.5 Å². The van der Waals surface area contributed by atoms with Crippen LogP contribution in [0.3, 0.4) is 0 Å². The molecule has 0 spiro atoms. The van der Waals surface area contributed by atoms with Gasteiger partial charge >= 0.3 is 0 Å². The van der Waals surface area contributed by atoms with Gasteiger partial charge in [-0.2, -0.15) is 0 Å². The largest absolute Gasteiger partial charge is 0.394 e. The van der Waals surface area contributed by atoms with Crippen molar-refractivity contribution < 1.29 is 54.8 Å². The van der Waals surface area contributed by atoms with E-state index in [1.165, 1.54) is 0 Å². The van der Waals surface area contributed by atoms with Crippen LogP contribution in [0.2, 0.25) is 0 Å². The number of aliphatic hydroxyl groups excluding tert-OH is 7. The van der Waals surface area contributed by atoms with Crippen LogP contribution in [0.25, 0.3) is 0 Å². The minimum atomic E-state index is -1.73. The van der Waals surface area contributed by atoms with Crippen molar-refractivity contribution in [2.24, 2.45) is 0 Å². The molecule has 2 saturated heterocycles. The molecule has 152 valence electrons. The molecule has 0 saturated carbocycles. The molecule has 2 aliphatic heterocycles. The molecular weight excluding hydrogens is 358 g/mol. The zero-order chi connectivity index (χ0) is 19.6. The van der Waals surface area contributed by atoms with E-state index in [2.05, 4.69) is 5.32 Å². The van der Waals surface area contributed by atoms with Gasteiger partial charge < -0.3 is 55.3 Å². The van der Waals surface area contributed by atoms with Gasteiger partial charge in [-0.15, -0.1) is 0 Å². The van der Waals surface area contributed by atoms with Crippen molar-refractivity contribution >= 4 is 5.91 Å². The second-order valence-electron chi connectivity index (χ2n) is 6.27. The number of amides is 1. The Morgan fingerprint density at radius 1 is 0.846 bits per heavy atom. The van der Waals surface area contributed by atoms with Crippen LogP contribution in [-0.4, -0.2) is 116 Å². The first-order chi connectivity index (χ1) is 12.2. The molecule has 8 N–H and O–H groups in total. The number of hydrogen-bond donors (Lipinski definition) is 8. The van der Waals surface area contributed by atoms with E-state index in [0.717, 1.165) is 6.92 Å². The van der Waals surface area contributed by atoms with Crippen LogP contribution in [0.15, 0.2) is 0 Å². The molecule has 0 aromatic heterocycles. The molecule has 10 atom stereocenters. The van der Waals surface area contributed by atoms with E-state index in [-0.39, 0.29) is 0 Å². The van der Waals surface area contributed by atoms with Crippen molar-refractivity contribution in [3.8, 4) is 0 Å². The number of nitrogens with one attached hydrogen (secondary N) is 1. The summed E-state index contributed by atoms with van der Waals surface area (Å²) < 4.78 is 15.9. The first-order valence-electron chi connectivity index (χ1n) is 8.06. The number of carbonyl (C=O) groups excluding carboxylic acids is 1. The van der Waals surface area contributed by atoms with E-state index in [9.17, 15) is 40.5 Å². The highest BCUT2D eigenvalue weighted by Crippen LogP contribution is 2.28. The van der Waals surface area contributed by atoms with Gasteiger partial charge in [0.2, 0.25) is 5.91 Å². The summed E-state index contributed by atoms with van der Waals surface area (Å²) in [6, 6.07) is -1.28. The average molecular weight is 383 g/mol. The molecule has 2 heterocycles. The topological polar surface area (TPSA) is 198 Å². The summed E-state index contributed by atoms with van der Waals surface area (Å²) in [4.78, 5) is 11.4. The summed E-state index contributed by atoms with van der Waals surface area (Å²) in [6.45, 7) is -0.187. The van der Waals surface area contributed by atoms with Crippen LogP contribution in [0, 0.1) is 0 Å². The van der Waals surface area contributed by atoms with Crippen LogP contribution in [-0.2, 0) is 19.0 Å². The van der Waals surface area contributed by atoms with Gasteiger partial charge in [0.1, 0.15) is 48.8 Å². The zero-order valence-electron chi connectivity index (χ0n) is 14.0. The minimum Gasteiger partial charge on any atom is -0.394 e. The Hall–Kier alpha value is -0.930. The first-order valence-corrected chi connectivity index (χ1v) is 8.06. The van der Waals surface area contributed by atoms with Gasteiger partial charge in [0.25, 0.3) is 0 Å². The van der Waals surface area contributed by atoms with Crippen LogP contribution >= 0.6 is 0 Å². The highest BCUT2D eigenvalue weighted by molar-refractivity contribution is 5.73. The van der Waals surface area contributed by atoms with Crippen LogP contribution in [0.5, 0.6) is 0 Å². The Labute approximate surface area is 148 Å². The van der Waals surface area contributed by atoms with Crippen LogP contribution < -0.4 is 5.32 Å². The molecule has 0 aliphatic carbocycles. The fourth-order valence-corrected chi connectivity index (χ4v) is 2.90. The summed E-state index contributed by atoms with van der Waals surface area (Å²) in [5.74, 6) is -0.574. The lowest BCUT2D eigenvalue weighted by Crippen LogP contribution is -2.67. The van der Waals surface area contributed by atoms with Crippen molar-refractivity contribution in [3.63, 3.8) is 0 Å². The molecule has 26 heavy (non-hydrogen) atoms. The van der Waals surface area contributed by atoms with Crippen LogP contribution in [0.4, 0.5) is 0 Å². The lowest BCUT2D eigenvalue weighted by Gasteiger charge is -2.45. The lowest BCUT2D eigenvalue weighted by molar-refractivity contribution is -0.363.